The number of hydrogen-bond acceptors (Lipinski definition) is 4. The summed E-state index contributed by atoms with van der Waals surface area (Å²) in [5, 5.41) is 0. The SMILES string of the molecule is COCCN(C)C[C@@H]1CO[C@]2(CCCN(C(=O)c3ccc(-n4cccc4)cc3)C2)C1. The maximum absolute atomic E-state index is 13.2. The van der Waals surface area contributed by atoms with Gasteiger partial charge in [-0.15, -0.1) is 0 Å². The van der Waals surface area contributed by atoms with Crippen molar-refractivity contribution < 1.29 is 14.3 Å². The molecule has 1 aromatic heterocycles. The number of aromatic nitrogens is 1. The van der Waals surface area contributed by atoms with Gasteiger partial charge in [0.25, 0.3) is 5.91 Å². The number of carbonyl (C=O) groups is 1. The molecule has 3 heterocycles. The highest BCUT2D eigenvalue weighted by atomic mass is 16.5. The largest absolute Gasteiger partial charge is 0.383 e. The first-order chi connectivity index (χ1) is 14.6. The van der Waals surface area contributed by atoms with Gasteiger partial charge in [0, 0.05) is 56.9 Å². The smallest absolute Gasteiger partial charge is 0.253 e. The molecule has 6 heteroatoms. The summed E-state index contributed by atoms with van der Waals surface area (Å²) in [7, 11) is 3.88. The van der Waals surface area contributed by atoms with Gasteiger partial charge in [0.05, 0.1) is 18.8 Å². The van der Waals surface area contributed by atoms with Crippen molar-refractivity contribution in [1.82, 2.24) is 14.4 Å². The van der Waals surface area contributed by atoms with Gasteiger partial charge >= 0.3 is 0 Å². The first-order valence-corrected chi connectivity index (χ1v) is 10.9. The maximum Gasteiger partial charge on any atom is 0.253 e. The van der Waals surface area contributed by atoms with Crippen LogP contribution in [0.3, 0.4) is 0 Å². The minimum Gasteiger partial charge on any atom is -0.383 e. The fourth-order valence-corrected chi connectivity index (χ4v) is 4.86. The average molecular weight is 412 g/mol. The van der Waals surface area contributed by atoms with Crippen molar-refractivity contribution in [2.75, 3.05) is 53.6 Å². The Hall–Kier alpha value is -2.15. The van der Waals surface area contributed by atoms with Gasteiger partial charge in [-0.1, -0.05) is 0 Å². The van der Waals surface area contributed by atoms with Crippen LogP contribution in [0.1, 0.15) is 29.6 Å². The number of ether oxygens (including phenoxy) is 2. The van der Waals surface area contributed by atoms with E-state index in [-0.39, 0.29) is 11.5 Å². The van der Waals surface area contributed by atoms with Gasteiger partial charge in [-0.2, -0.15) is 0 Å². The van der Waals surface area contributed by atoms with Crippen LogP contribution >= 0.6 is 0 Å². The quantitative estimate of drug-likeness (QED) is 0.703. The first kappa shape index (κ1) is 21.1. The second-order valence-corrected chi connectivity index (χ2v) is 8.79. The molecule has 2 atom stereocenters. The topological polar surface area (TPSA) is 46.9 Å². The van der Waals surface area contributed by atoms with Crippen molar-refractivity contribution in [2.24, 2.45) is 5.92 Å². The molecule has 1 aromatic carbocycles. The molecule has 1 spiro atoms. The third-order valence-corrected chi connectivity index (χ3v) is 6.38. The van der Waals surface area contributed by atoms with Gasteiger partial charge in [-0.05, 0) is 68.6 Å². The third kappa shape index (κ3) is 4.77. The summed E-state index contributed by atoms with van der Waals surface area (Å²) >= 11 is 0. The van der Waals surface area contributed by atoms with Crippen molar-refractivity contribution in [1.29, 1.82) is 0 Å². The Morgan fingerprint density at radius 1 is 1.27 bits per heavy atom. The van der Waals surface area contributed by atoms with Crippen LogP contribution in [0.25, 0.3) is 5.69 Å². The number of likely N-dealkylation sites (tertiary alicyclic amines) is 1. The molecule has 162 valence electrons. The summed E-state index contributed by atoms with van der Waals surface area (Å²) in [6, 6.07) is 11.9. The number of carbonyl (C=O) groups excluding carboxylic acids is 1. The summed E-state index contributed by atoms with van der Waals surface area (Å²) in [5.41, 5.74) is 1.63. The number of nitrogens with zero attached hydrogens (tertiary/aromatic N) is 3. The van der Waals surface area contributed by atoms with E-state index < -0.39 is 0 Å². The molecule has 2 saturated heterocycles. The Labute approximate surface area is 179 Å². The molecule has 2 aliphatic heterocycles. The molecule has 6 nitrogen and oxygen atoms in total. The van der Waals surface area contributed by atoms with Crippen LogP contribution in [0.2, 0.25) is 0 Å². The zero-order valence-corrected chi connectivity index (χ0v) is 18.1. The molecular formula is C24H33N3O3. The lowest BCUT2D eigenvalue weighted by atomic mass is 9.86. The van der Waals surface area contributed by atoms with Crippen molar-refractivity contribution >= 4 is 5.91 Å². The number of benzene rings is 1. The van der Waals surface area contributed by atoms with Gasteiger partial charge in [-0.3, -0.25) is 4.79 Å². The monoisotopic (exact) mass is 411 g/mol. The van der Waals surface area contributed by atoms with Crippen molar-refractivity contribution in [3.8, 4) is 5.69 Å². The number of hydrogen-bond donors (Lipinski definition) is 0. The van der Waals surface area contributed by atoms with Crippen molar-refractivity contribution in [3.63, 3.8) is 0 Å². The summed E-state index contributed by atoms with van der Waals surface area (Å²) < 4.78 is 13.5. The lowest BCUT2D eigenvalue weighted by Gasteiger charge is -2.40. The average Bonchev–Trinajstić information content (AvgIpc) is 3.43. The molecule has 0 saturated carbocycles. The zero-order valence-electron chi connectivity index (χ0n) is 18.1. The third-order valence-electron chi connectivity index (χ3n) is 6.38. The summed E-state index contributed by atoms with van der Waals surface area (Å²) in [5.74, 6) is 0.625. The standard InChI is InChI=1S/C24H33N3O3/c1-25(14-15-29-2)17-20-16-24(30-18-20)10-5-13-27(19-24)23(28)21-6-8-22(9-7-21)26-11-3-4-12-26/h3-4,6-9,11-12,20H,5,10,13-19H2,1-2H3/t20-,24-/m1/s1. The Bertz CT molecular complexity index is 821. The van der Waals surface area contributed by atoms with Crippen molar-refractivity contribution in [3.05, 3.63) is 54.4 Å². The van der Waals surface area contributed by atoms with E-state index in [0.717, 1.165) is 63.4 Å². The molecule has 2 fully saturated rings. The maximum atomic E-state index is 13.2. The van der Waals surface area contributed by atoms with Crippen LogP contribution < -0.4 is 0 Å². The normalized spacial score (nSPS) is 24.1. The predicted molar refractivity (Wildman–Crippen MR) is 117 cm³/mol. The Morgan fingerprint density at radius 3 is 2.77 bits per heavy atom. The molecule has 2 aliphatic rings. The van der Waals surface area contributed by atoms with E-state index in [4.69, 9.17) is 9.47 Å². The first-order valence-electron chi connectivity index (χ1n) is 10.9. The fraction of sp³-hybridized carbons (Fsp3) is 0.542. The minimum atomic E-state index is -0.175. The second-order valence-electron chi connectivity index (χ2n) is 8.79. The van der Waals surface area contributed by atoms with Crippen LogP contribution in [-0.2, 0) is 9.47 Å². The van der Waals surface area contributed by atoms with E-state index >= 15 is 0 Å². The highest BCUT2D eigenvalue weighted by molar-refractivity contribution is 5.94. The molecule has 0 N–H and O–H groups in total. The number of piperidine rings is 1. The molecule has 0 radical (unpaired) electrons. The van der Waals surface area contributed by atoms with E-state index in [9.17, 15) is 4.79 Å². The fourth-order valence-electron chi connectivity index (χ4n) is 4.86. The molecule has 0 unspecified atom stereocenters. The molecule has 0 bridgehead atoms. The Kier molecular flexibility index (Phi) is 6.56. The molecule has 1 amide bonds. The minimum absolute atomic E-state index is 0.109. The van der Waals surface area contributed by atoms with Crippen LogP contribution in [-0.4, -0.2) is 79.4 Å². The van der Waals surface area contributed by atoms with E-state index in [1.807, 2.05) is 58.3 Å². The molecule has 2 aromatic rings. The highest BCUT2D eigenvalue weighted by Crippen LogP contribution is 2.38. The van der Waals surface area contributed by atoms with Gasteiger partial charge in [0.1, 0.15) is 0 Å². The van der Waals surface area contributed by atoms with Crippen LogP contribution in [0.4, 0.5) is 0 Å². The van der Waals surface area contributed by atoms with Crippen LogP contribution in [0.15, 0.2) is 48.8 Å². The molecule has 4 rings (SSSR count). The summed E-state index contributed by atoms with van der Waals surface area (Å²) in [6.45, 7) is 4.99. The van der Waals surface area contributed by atoms with Crippen molar-refractivity contribution in [2.45, 2.75) is 24.9 Å². The van der Waals surface area contributed by atoms with E-state index in [2.05, 4.69) is 11.9 Å². The number of methoxy groups -OCH3 is 1. The van der Waals surface area contributed by atoms with E-state index in [0.29, 0.717) is 12.5 Å². The molecular weight excluding hydrogens is 378 g/mol. The van der Waals surface area contributed by atoms with Gasteiger partial charge in [-0.25, -0.2) is 0 Å². The molecule has 0 aliphatic carbocycles. The predicted octanol–water partition coefficient (Wildman–Crippen LogP) is 3.07. The lowest BCUT2D eigenvalue weighted by Crippen LogP contribution is -2.50. The second kappa shape index (κ2) is 9.33. The number of rotatable bonds is 7. The highest BCUT2D eigenvalue weighted by Gasteiger charge is 2.44. The number of likely N-dealkylation sites (N-methyl/N-ethyl adjacent to an activating group) is 1. The lowest BCUT2D eigenvalue weighted by molar-refractivity contribution is -0.0450. The Balaban J connectivity index is 1.36. The Morgan fingerprint density at radius 2 is 2.03 bits per heavy atom. The summed E-state index contributed by atoms with van der Waals surface area (Å²) in [4.78, 5) is 17.5. The molecule has 30 heavy (non-hydrogen) atoms. The van der Waals surface area contributed by atoms with Gasteiger partial charge in [0.2, 0.25) is 0 Å². The van der Waals surface area contributed by atoms with E-state index in [1.165, 1.54) is 0 Å². The van der Waals surface area contributed by atoms with Crippen LogP contribution in [0, 0.1) is 5.92 Å². The van der Waals surface area contributed by atoms with Gasteiger partial charge in [0.15, 0.2) is 0 Å². The zero-order chi connectivity index (χ0) is 21.0. The summed E-state index contributed by atoms with van der Waals surface area (Å²) in [6.07, 6.45) is 7.08. The van der Waals surface area contributed by atoms with E-state index in [1.54, 1.807) is 7.11 Å². The van der Waals surface area contributed by atoms with Crippen LogP contribution in [0.5, 0.6) is 0 Å². The number of amides is 1. The van der Waals surface area contributed by atoms with Gasteiger partial charge < -0.3 is 23.8 Å².